The van der Waals surface area contributed by atoms with Crippen molar-refractivity contribution >= 4 is 39.9 Å². The van der Waals surface area contributed by atoms with E-state index in [0.717, 1.165) is 24.0 Å². The van der Waals surface area contributed by atoms with Gasteiger partial charge >= 0.3 is 12.2 Å². The fraction of sp³-hybridized carbons (Fsp3) is 0.639. The van der Waals surface area contributed by atoms with Crippen molar-refractivity contribution in [2.24, 2.45) is 5.92 Å². The number of sulfonamides is 1. The summed E-state index contributed by atoms with van der Waals surface area (Å²) in [6.45, 7) is 8.71. The van der Waals surface area contributed by atoms with Crippen LogP contribution >= 0.6 is 0 Å². The Bertz CT molecular complexity index is 1660. The van der Waals surface area contributed by atoms with E-state index in [4.69, 9.17) is 9.47 Å². The topological polar surface area (TPSA) is 181 Å². The van der Waals surface area contributed by atoms with Crippen LogP contribution in [0.2, 0.25) is 0 Å². The van der Waals surface area contributed by atoms with E-state index in [0.29, 0.717) is 32.4 Å². The molecule has 0 aromatic heterocycles. The molecule has 0 radical (unpaired) electrons. The van der Waals surface area contributed by atoms with Crippen LogP contribution in [0.25, 0.3) is 0 Å². The first kappa shape index (κ1) is 38.1. The van der Waals surface area contributed by atoms with E-state index in [1.54, 1.807) is 25.7 Å². The Morgan fingerprint density at radius 1 is 1.06 bits per heavy atom. The van der Waals surface area contributed by atoms with Gasteiger partial charge in [0.25, 0.3) is 5.91 Å². The fourth-order valence-electron chi connectivity index (χ4n) is 6.82. The van der Waals surface area contributed by atoms with Crippen LogP contribution in [0.1, 0.15) is 90.7 Å². The second kappa shape index (κ2) is 15.2. The standard InChI is InChI=1S/C36H51N5O9S/c1-23(2)51(47,48)39-32(44)36-20-26(36)15-9-7-6-8-10-16-28(37-33(45)50-35(3,4)5)31(43)41-22-27(19-29(41)30(42)38-36)49-34(46)40-18-17-24-13-11-12-14-25(24)21-40/h9,11-15,23,26-29H,6-8,10,16-22H2,1-5H3,(H,37,45)(H,38,42)(H,39,44)/b15-9-/t26-,27+,28-,29-,36+/m0/s1. The number of allylic oxidation sites excluding steroid dienone is 1. The number of alkyl carbamates (subject to hydrolysis) is 1. The van der Waals surface area contributed by atoms with Crippen LogP contribution < -0.4 is 15.4 Å². The van der Waals surface area contributed by atoms with Crippen LogP contribution in [0.4, 0.5) is 9.59 Å². The number of carbonyl (C=O) groups excluding carboxylic acids is 5. The molecular formula is C36H51N5O9S. The van der Waals surface area contributed by atoms with Gasteiger partial charge in [0.1, 0.15) is 29.3 Å². The van der Waals surface area contributed by atoms with E-state index in [2.05, 4.69) is 15.4 Å². The lowest BCUT2D eigenvalue weighted by molar-refractivity contribution is -0.141. The van der Waals surface area contributed by atoms with Crippen molar-refractivity contribution in [3.8, 4) is 0 Å². The summed E-state index contributed by atoms with van der Waals surface area (Å²) < 4.78 is 38.9. The van der Waals surface area contributed by atoms with Crippen molar-refractivity contribution in [3.05, 3.63) is 47.5 Å². The number of amides is 5. The van der Waals surface area contributed by atoms with E-state index < -0.39 is 80.4 Å². The molecule has 15 heteroatoms. The summed E-state index contributed by atoms with van der Waals surface area (Å²) in [7, 11) is -4.01. The average molecular weight is 730 g/mol. The number of ether oxygens (including phenoxy) is 2. The zero-order valence-corrected chi connectivity index (χ0v) is 30.9. The molecule has 0 bridgehead atoms. The molecule has 14 nitrogen and oxygen atoms in total. The molecule has 5 amide bonds. The van der Waals surface area contributed by atoms with Gasteiger partial charge in [-0.1, -0.05) is 49.3 Å². The Kier molecular flexibility index (Phi) is 11.4. The minimum absolute atomic E-state index is 0.0601. The normalized spacial score (nSPS) is 27.8. The Morgan fingerprint density at radius 3 is 2.49 bits per heavy atom. The Labute approximate surface area is 300 Å². The minimum Gasteiger partial charge on any atom is -0.444 e. The zero-order valence-electron chi connectivity index (χ0n) is 30.1. The molecule has 0 spiro atoms. The van der Waals surface area contributed by atoms with Gasteiger partial charge in [0.05, 0.1) is 11.8 Å². The number of nitrogens with zero attached hydrogens (tertiary/aromatic N) is 2. The summed E-state index contributed by atoms with van der Waals surface area (Å²) in [5.74, 6) is -2.55. The number of hydrogen-bond donors (Lipinski definition) is 3. The molecule has 51 heavy (non-hydrogen) atoms. The van der Waals surface area contributed by atoms with E-state index >= 15 is 0 Å². The van der Waals surface area contributed by atoms with Gasteiger partial charge in [0.2, 0.25) is 21.8 Å². The largest absolute Gasteiger partial charge is 0.444 e. The second-order valence-corrected chi connectivity index (χ2v) is 17.5. The van der Waals surface area contributed by atoms with Gasteiger partial charge in [-0.3, -0.25) is 19.1 Å². The van der Waals surface area contributed by atoms with Gasteiger partial charge in [0, 0.05) is 25.4 Å². The highest BCUT2D eigenvalue weighted by Crippen LogP contribution is 2.46. The van der Waals surface area contributed by atoms with E-state index in [9.17, 15) is 32.4 Å². The van der Waals surface area contributed by atoms with Crippen molar-refractivity contribution in [1.29, 1.82) is 0 Å². The van der Waals surface area contributed by atoms with Gasteiger partial charge in [0.15, 0.2) is 0 Å². The Hall–Kier alpha value is -4.14. The lowest BCUT2D eigenvalue weighted by atomic mass is 10.0. The van der Waals surface area contributed by atoms with Crippen molar-refractivity contribution in [2.45, 2.75) is 127 Å². The number of rotatable bonds is 5. The van der Waals surface area contributed by atoms with Crippen LogP contribution in [0.5, 0.6) is 0 Å². The maximum atomic E-state index is 14.3. The number of carbonyl (C=O) groups is 5. The predicted octanol–water partition coefficient (Wildman–Crippen LogP) is 3.29. The molecule has 5 rings (SSSR count). The first-order valence-corrected chi connectivity index (χ1v) is 19.4. The first-order chi connectivity index (χ1) is 24.0. The first-order valence-electron chi connectivity index (χ1n) is 17.9. The van der Waals surface area contributed by atoms with Gasteiger partial charge in [-0.15, -0.1) is 0 Å². The van der Waals surface area contributed by atoms with Crippen LogP contribution in [-0.4, -0.2) is 95.8 Å². The minimum atomic E-state index is -4.01. The van der Waals surface area contributed by atoms with Gasteiger partial charge < -0.3 is 29.9 Å². The molecule has 3 heterocycles. The highest BCUT2D eigenvalue weighted by molar-refractivity contribution is 7.90. The zero-order chi connectivity index (χ0) is 37.1. The summed E-state index contributed by atoms with van der Waals surface area (Å²) >= 11 is 0. The highest BCUT2D eigenvalue weighted by Gasteiger charge is 2.61. The number of benzene rings is 1. The van der Waals surface area contributed by atoms with Crippen molar-refractivity contribution < 1.29 is 41.9 Å². The SMILES string of the molecule is CC(C)S(=O)(=O)NC(=O)[C@@]12C[C@@H]1/C=C\CCCCC[C@H](NC(=O)OC(C)(C)C)C(=O)N1C[C@H](OC(=O)N3CCc4ccccc4C3)C[C@H]1C(=O)N2. The summed E-state index contributed by atoms with van der Waals surface area (Å²) in [5.41, 5.74) is -0.190. The average Bonchev–Trinajstić information content (AvgIpc) is 3.58. The van der Waals surface area contributed by atoms with Crippen molar-refractivity contribution in [3.63, 3.8) is 0 Å². The summed E-state index contributed by atoms with van der Waals surface area (Å²) in [5, 5.41) is 4.61. The van der Waals surface area contributed by atoms with E-state index in [1.165, 1.54) is 18.7 Å². The monoisotopic (exact) mass is 729 g/mol. The van der Waals surface area contributed by atoms with E-state index in [1.807, 2.05) is 36.4 Å². The molecule has 0 unspecified atom stereocenters. The molecule has 1 saturated carbocycles. The Balaban J connectivity index is 1.41. The van der Waals surface area contributed by atoms with Crippen LogP contribution in [0.3, 0.4) is 0 Å². The molecule has 3 aliphatic heterocycles. The van der Waals surface area contributed by atoms with Crippen LogP contribution in [0, 0.1) is 5.92 Å². The third-order valence-electron chi connectivity index (χ3n) is 9.85. The summed E-state index contributed by atoms with van der Waals surface area (Å²) in [6.07, 6.45) is 5.38. The maximum absolute atomic E-state index is 14.3. The summed E-state index contributed by atoms with van der Waals surface area (Å²) in [6, 6.07) is 5.63. The second-order valence-electron chi connectivity index (χ2n) is 15.2. The predicted molar refractivity (Wildman–Crippen MR) is 188 cm³/mol. The molecule has 280 valence electrons. The van der Waals surface area contributed by atoms with E-state index in [-0.39, 0.29) is 25.8 Å². The third kappa shape index (κ3) is 9.21. The molecule has 4 aliphatic rings. The van der Waals surface area contributed by atoms with Crippen molar-refractivity contribution in [2.75, 3.05) is 13.1 Å². The Morgan fingerprint density at radius 2 is 1.78 bits per heavy atom. The van der Waals surface area contributed by atoms with Crippen LogP contribution in [-0.2, 0) is 46.8 Å². The smallest absolute Gasteiger partial charge is 0.410 e. The van der Waals surface area contributed by atoms with Gasteiger partial charge in [-0.05, 0) is 77.8 Å². The maximum Gasteiger partial charge on any atom is 0.410 e. The van der Waals surface area contributed by atoms with Crippen LogP contribution in [0.15, 0.2) is 36.4 Å². The molecule has 1 saturated heterocycles. The molecule has 1 aliphatic carbocycles. The number of hydrogen-bond acceptors (Lipinski definition) is 9. The van der Waals surface area contributed by atoms with Gasteiger partial charge in [-0.25, -0.2) is 18.0 Å². The number of fused-ring (bicyclic) bond motifs is 3. The molecule has 1 aromatic rings. The highest BCUT2D eigenvalue weighted by atomic mass is 32.2. The van der Waals surface area contributed by atoms with Crippen molar-refractivity contribution in [1.82, 2.24) is 25.2 Å². The molecule has 1 aromatic carbocycles. The summed E-state index contributed by atoms with van der Waals surface area (Å²) in [4.78, 5) is 71.3. The molecular weight excluding hydrogens is 678 g/mol. The lowest BCUT2D eigenvalue weighted by Crippen LogP contribution is -2.58. The quantitative estimate of drug-likeness (QED) is 0.384. The molecule has 5 atom stereocenters. The number of nitrogens with one attached hydrogen (secondary N) is 3. The third-order valence-corrected chi connectivity index (χ3v) is 11.6. The molecule has 3 N–H and O–H groups in total. The molecule has 2 fully saturated rings. The fourth-order valence-corrected chi connectivity index (χ4v) is 7.50. The lowest BCUT2D eigenvalue weighted by Gasteiger charge is -2.30. The van der Waals surface area contributed by atoms with Gasteiger partial charge in [-0.2, -0.15) is 0 Å².